The predicted molar refractivity (Wildman–Crippen MR) is 109 cm³/mol. The number of anilines is 1. The van der Waals surface area contributed by atoms with Crippen molar-refractivity contribution in [2.24, 2.45) is 0 Å². The van der Waals surface area contributed by atoms with E-state index in [0.29, 0.717) is 25.2 Å². The second kappa shape index (κ2) is 9.73. The quantitative estimate of drug-likeness (QED) is 0.694. The minimum Gasteiger partial charge on any atom is -0.394 e. The largest absolute Gasteiger partial charge is 0.394 e. The highest BCUT2D eigenvalue weighted by Gasteiger charge is 2.33. The standard InChI is InChI=1S/C21H30N4O4/c1-15-6-4-7-16(12-15)22-21(29)23-18-9-2-3-10-24(20(18)28)13-19(27)25-11-5-8-17(25)14-26/h4,6-7,12,17-18,26H,2-3,5,8-11,13-14H2,1H3,(H2,22,23,29). The minimum atomic E-state index is -0.651. The van der Waals surface area contributed by atoms with E-state index < -0.39 is 12.1 Å². The fourth-order valence-electron chi connectivity index (χ4n) is 4.05. The minimum absolute atomic E-state index is 0.00693. The van der Waals surface area contributed by atoms with Crippen LogP contribution in [0.3, 0.4) is 0 Å². The van der Waals surface area contributed by atoms with Crippen LogP contribution in [0.2, 0.25) is 0 Å². The lowest BCUT2D eigenvalue weighted by molar-refractivity contribution is -0.142. The molecule has 0 spiro atoms. The number of nitrogens with one attached hydrogen (secondary N) is 2. The van der Waals surface area contributed by atoms with E-state index in [1.807, 2.05) is 25.1 Å². The maximum Gasteiger partial charge on any atom is 0.319 e. The molecule has 3 N–H and O–H groups in total. The van der Waals surface area contributed by atoms with Crippen LogP contribution >= 0.6 is 0 Å². The van der Waals surface area contributed by atoms with Gasteiger partial charge in [0.2, 0.25) is 11.8 Å². The number of amides is 4. The van der Waals surface area contributed by atoms with Crippen LogP contribution in [-0.4, -0.2) is 71.1 Å². The molecule has 0 radical (unpaired) electrons. The molecule has 2 fully saturated rings. The normalized spacial score (nSPS) is 22.3. The second-order valence-electron chi connectivity index (χ2n) is 7.84. The van der Waals surface area contributed by atoms with Gasteiger partial charge >= 0.3 is 6.03 Å². The van der Waals surface area contributed by atoms with Crippen molar-refractivity contribution >= 4 is 23.5 Å². The zero-order valence-electron chi connectivity index (χ0n) is 16.9. The Balaban J connectivity index is 1.59. The maximum absolute atomic E-state index is 13.0. The first-order chi connectivity index (χ1) is 14.0. The number of aliphatic hydroxyl groups is 1. The SMILES string of the molecule is Cc1cccc(NC(=O)NC2CCCCN(CC(=O)N3CCCC3CO)C2=O)c1. The lowest BCUT2D eigenvalue weighted by atomic mass is 10.1. The van der Waals surface area contributed by atoms with E-state index in [1.54, 1.807) is 15.9 Å². The van der Waals surface area contributed by atoms with E-state index in [0.717, 1.165) is 31.2 Å². The average Bonchev–Trinajstić information content (AvgIpc) is 3.11. The third-order valence-corrected chi connectivity index (χ3v) is 5.60. The monoisotopic (exact) mass is 402 g/mol. The summed E-state index contributed by atoms with van der Waals surface area (Å²) in [7, 11) is 0. The van der Waals surface area contributed by atoms with Crippen molar-refractivity contribution in [3.63, 3.8) is 0 Å². The van der Waals surface area contributed by atoms with Crippen molar-refractivity contribution in [1.82, 2.24) is 15.1 Å². The van der Waals surface area contributed by atoms with Gasteiger partial charge in [0.05, 0.1) is 19.2 Å². The zero-order chi connectivity index (χ0) is 20.8. The van der Waals surface area contributed by atoms with Gasteiger partial charge < -0.3 is 25.5 Å². The fourth-order valence-corrected chi connectivity index (χ4v) is 4.05. The van der Waals surface area contributed by atoms with Crippen molar-refractivity contribution in [3.05, 3.63) is 29.8 Å². The van der Waals surface area contributed by atoms with Gasteiger partial charge in [-0.25, -0.2) is 4.79 Å². The molecule has 8 nitrogen and oxygen atoms in total. The van der Waals surface area contributed by atoms with Crippen LogP contribution in [0.5, 0.6) is 0 Å². The molecule has 3 rings (SSSR count). The van der Waals surface area contributed by atoms with Gasteiger partial charge in [-0.05, 0) is 56.7 Å². The van der Waals surface area contributed by atoms with Gasteiger partial charge in [-0.15, -0.1) is 0 Å². The Kier molecular flexibility index (Phi) is 7.09. The van der Waals surface area contributed by atoms with E-state index >= 15 is 0 Å². The molecule has 0 bridgehead atoms. The second-order valence-corrected chi connectivity index (χ2v) is 7.84. The summed E-state index contributed by atoms with van der Waals surface area (Å²) in [5, 5.41) is 15.0. The molecule has 1 aromatic rings. The van der Waals surface area contributed by atoms with Crippen LogP contribution < -0.4 is 10.6 Å². The van der Waals surface area contributed by atoms with E-state index in [2.05, 4.69) is 10.6 Å². The number of carbonyl (C=O) groups is 3. The number of rotatable bonds is 5. The van der Waals surface area contributed by atoms with Crippen molar-refractivity contribution in [3.8, 4) is 0 Å². The molecule has 2 atom stereocenters. The third kappa shape index (κ3) is 5.47. The number of aliphatic hydroxyl groups excluding tert-OH is 1. The van der Waals surface area contributed by atoms with Crippen molar-refractivity contribution in [2.75, 3.05) is 31.6 Å². The highest BCUT2D eigenvalue weighted by atomic mass is 16.3. The molecule has 29 heavy (non-hydrogen) atoms. The molecule has 0 aromatic heterocycles. The fraction of sp³-hybridized carbons (Fsp3) is 0.571. The molecule has 2 saturated heterocycles. The summed E-state index contributed by atoms with van der Waals surface area (Å²) in [6, 6.07) is 6.21. The van der Waals surface area contributed by atoms with Crippen molar-refractivity contribution in [2.45, 2.75) is 51.1 Å². The molecular formula is C21H30N4O4. The number of benzene rings is 1. The number of likely N-dealkylation sites (tertiary alicyclic amines) is 2. The summed E-state index contributed by atoms with van der Waals surface area (Å²) >= 11 is 0. The Morgan fingerprint density at radius 3 is 2.76 bits per heavy atom. The predicted octanol–water partition coefficient (Wildman–Crippen LogP) is 1.48. The molecule has 2 heterocycles. The summed E-state index contributed by atoms with van der Waals surface area (Å²) in [5.41, 5.74) is 1.70. The Bertz CT molecular complexity index is 754. The number of aryl methyl sites for hydroxylation is 1. The summed E-state index contributed by atoms with van der Waals surface area (Å²) < 4.78 is 0. The number of nitrogens with zero attached hydrogens (tertiary/aromatic N) is 2. The summed E-state index contributed by atoms with van der Waals surface area (Å²) in [4.78, 5) is 41.2. The number of carbonyl (C=O) groups excluding carboxylic acids is 3. The average molecular weight is 402 g/mol. The summed E-state index contributed by atoms with van der Waals surface area (Å²) in [6.07, 6.45) is 3.80. The molecular weight excluding hydrogens is 372 g/mol. The smallest absolute Gasteiger partial charge is 0.319 e. The van der Waals surface area contributed by atoms with E-state index in [1.165, 1.54) is 0 Å². The maximum atomic E-state index is 13.0. The van der Waals surface area contributed by atoms with Gasteiger partial charge in [0.1, 0.15) is 6.04 Å². The van der Waals surface area contributed by atoms with Crippen LogP contribution in [-0.2, 0) is 9.59 Å². The summed E-state index contributed by atoms with van der Waals surface area (Å²) in [5.74, 6) is -0.366. The highest BCUT2D eigenvalue weighted by Crippen LogP contribution is 2.19. The molecule has 2 aliphatic heterocycles. The van der Waals surface area contributed by atoms with Gasteiger partial charge in [0.25, 0.3) is 0 Å². The Morgan fingerprint density at radius 1 is 1.17 bits per heavy atom. The lowest BCUT2D eigenvalue weighted by Gasteiger charge is -2.29. The first-order valence-corrected chi connectivity index (χ1v) is 10.3. The molecule has 4 amide bonds. The molecule has 2 aliphatic rings. The van der Waals surface area contributed by atoms with E-state index in [4.69, 9.17) is 0 Å². The number of hydrogen-bond donors (Lipinski definition) is 3. The van der Waals surface area contributed by atoms with Crippen molar-refractivity contribution in [1.29, 1.82) is 0 Å². The number of hydrogen-bond acceptors (Lipinski definition) is 4. The van der Waals surface area contributed by atoms with Crippen LogP contribution in [0.4, 0.5) is 10.5 Å². The van der Waals surface area contributed by atoms with Crippen LogP contribution in [0.1, 0.15) is 37.7 Å². The lowest BCUT2D eigenvalue weighted by Crippen LogP contribution is -2.52. The first-order valence-electron chi connectivity index (χ1n) is 10.3. The number of urea groups is 1. The molecule has 0 aliphatic carbocycles. The zero-order valence-corrected chi connectivity index (χ0v) is 16.9. The van der Waals surface area contributed by atoms with Gasteiger partial charge in [-0.1, -0.05) is 12.1 Å². The van der Waals surface area contributed by atoms with Crippen LogP contribution in [0, 0.1) is 6.92 Å². The Labute approximate surface area is 171 Å². The van der Waals surface area contributed by atoms with Gasteiger partial charge in [0.15, 0.2) is 0 Å². The van der Waals surface area contributed by atoms with Crippen molar-refractivity contribution < 1.29 is 19.5 Å². The highest BCUT2D eigenvalue weighted by molar-refractivity contribution is 5.95. The molecule has 8 heteroatoms. The summed E-state index contributed by atoms with van der Waals surface area (Å²) in [6.45, 7) is 3.00. The topological polar surface area (TPSA) is 102 Å². The van der Waals surface area contributed by atoms with Gasteiger partial charge in [0, 0.05) is 18.8 Å². The third-order valence-electron chi connectivity index (χ3n) is 5.60. The van der Waals surface area contributed by atoms with Gasteiger partial charge in [-0.2, -0.15) is 0 Å². The Hall–Kier alpha value is -2.61. The van der Waals surface area contributed by atoms with Crippen LogP contribution in [0.15, 0.2) is 24.3 Å². The van der Waals surface area contributed by atoms with E-state index in [9.17, 15) is 19.5 Å². The first kappa shape index (κ1) is 21.1. The van der Waals surface area contributed by atoms with Gasteiger partial charge in [-0.3, -0.25) is 9.59 Å². The molecule has 1 aromatic carbocycles. The molecule has 0 saturated carbocycles. The molecule has 158 valence electrons. The Morgan fingerprint density at radius 2 is 2.00 bits per heavy atom. The van der Waals surface area contributed by atoms with E-state index in [-0.39, 0.29) is 31.0 Å². The molecule has 2 unspecified atom stereocenters. The van der Waals surface area contributed by atoms with Crippen LogP contribution in [0.25, 0.3) is 0 Å².